The van der Waals surface area contributed by atoms with Gasteiger partial charge in [-0.2, -0.15) is 0 Å². The zero-order valence-electron chi connectivity index (χ0n) is 13.7. The summed E-state index contributed by atoms with van der Waals surface area (Å²) in [5.74, 6) is 1.33. The van der Waals surface area contributed by atoms with Crippen LogP contribution in [0.25, 0.3) is 0 Å². The molecule has 0 saturated carbocycles. The van der Waals surface area contributed by atoms with Crippen LogP contribution in [-0.4, -0.2) is 37.8 Å². The summed E-state index contributed by atoms with van der Waals surface area (Å²) in [7, 11) is 4.33. The molecule has 0 spiro atoms. The van der Waals surface area contributed by atoms with Crippen LogP contribution in [0.15, 0.2) is 29.2 Å². The zero-order chi connectivity index (χ0) is 14.9. The number of rotatable bonds is 9. The van der Waals surface area contributed by atoms with E-state index in [0.29, 0.717) is 11.1 Å². The van der Waals surface area contributed by atoms with Gasteiger partial charge < -0.3 is 4.90 Å². The highest BCUT2D eigenvalue weighted by Crippen LogP contribution is 2.22. The molecule has 1 aliphatic heterocycles. The zero-order valence-corrected chi connectivity index (χ0v) is 14.6. The topological polar surface area (TPSA) is 15.3 Å². The average Bonchev–Trinajstić information content (AvgIpc) is 2.50. The van der Waals surface area contributed by atoms with Gasteiger partial charge in [-0.1, -0.05) is 37.5 Å². The van der Waals surface area contributed by atoms with Crippen LogP contribution in [0.4, 0.5) is 0 Å². The van der Waals surface area contributed by atoms with Gasteiger partial charge in [0, 0.05) is 12.1 Å². The van der Waals surface area contributed by atoms with Crippen LogP contribution < -0.4 is 4.72 Å². The van der Waals surface area contributed by atoms with Crippen LogP contribution >= 0.6 is 0 Å². The normalized spacial score (nSPS) is 18.0. The van der Waals surface area contributed by atoms with Crippen molar-refractivity contribution < 1.29 is 0 Å². The Labute approximate surface area is 133 Å². The number of hydrogen-bond donors (Lipinski definition) is 1. The maximum Gasteiger partial charge on any atom is 0.178 e. The van der Waals surface area contributed by atoms with Crippen LogP contribution in [0.2, 0.25) is 0 Å². The van der Waals surface area contributed by atoms with E-state index >= 15 is 0 Å². The van der Waals surface area contributed by atoms with Crippen molar-refractivity contribution >= 4 is 11.1 Å². The fourth-order valence-corrected chi connectivity index (χ4v) is 4.99. The molecular formula is C18H31N2S+. The van der Waals surface area contributed by atoms with Crippen LogP contribution in [0.1, 0.15) is 44.1 Å². The molecule has 0 bridgehead atoms. The molecule has 21 heavy (non-hydrogen) atoms. The van der Waals surface area contributed by atoms with Crippen molar-refractivity contribution in [3.05, 3.63) is 29.8 Å². The Kier molecular flexibility index (Phi) is 7.62. The molecule has 1 aliphatic rings. The number of nitrogens with one attached hydrogen (secondary N) is 1. The van der Waals surface area contributed by atoms with Crippen molar-refractivity contribution in [3.8, 4) is 0 Å². The largest absolute Gasteiger partial charge is 0.309 e. The smallest absolute Gasteiger partial charge is 0.178 e. The molecule has 118 valence electrons. The van der Waals surface area contributed by atoms with Crippen LogP contribution in [0.3, 0.4) is 0 Å². The van der Waals surface area contributed by atoms with E-state index in [1.807, 2.05) is 0 Å². The summed E-state index contributed by atoms with van der Waals surface area (Å²) >= 11 is 0.309. The van der Waals surface area contributed by atoms with Crippen LogP contribution in [0, 0.1) is 0 Å². The molecule has 0 radical (unpaired) electrons. The van der Waals surface area contributed by atoms with E-state index in [9.17, 15) is 0 Å². The van der Waals surface area contributed by atoms with Crippen molar-refractivity contribution in [3.63, 3.8) is 0 Å². The van der Waals surface area contributed by atoms with E-state index in [-0.39, 0.29) is 0 Å². The van der Waals surface area contributed by atoms with E-state index in [1.165, 1.54) is 57.2 Å². The SMILES string of the molecule is CN(C)CCCCCCCC[S+]1NCCc2ccccc21. The molecule has 0 fully saturated rings. The highest BCUT2D eigenvalue weighted by Gasteiger charge is 2.28. The standard InChI is InChI=1S/C18H31N2S/c1-20(2)15-9-5-3-4-6-10-16-21-18-12-8-7-11-17(18)13-14-19-21/h7-8,11-12,19H,3-6,9-10,13-16H2,1-2H3/q+1. The van der Waals surface area contributed by atoms with Crippen LogP contribution in [0.5, 0.6) is 0 Å². The number of benzene rings is 1. The summed E-state index contributed by atoms with van der Waals surface area (Å²) in [6.45, 7) is 2.40. The van der Waals surface area contributed by atoms with Crippen molar-refractivity contribution in [2.24, 2.45) is 0 Å². The summed E-state index contributed by atoms with van der Waals surface area (Å²) in [4.78, 5) is 3.86. The minimum Gasteiger partial charge on any atom is -0.309 e. The minimum absolute atomic E-state index is 0.309. The van der Waals surface area contributed by atoms with Gasteiger partial charge in [0.1, 0.15) is 16.8 Å². The third kappa shape index (κ3) is 6.01. The minimum atomic E-state index is 0.309. The molecular weight excluding hydrogens is 276 g/mol. The predicted octanol–water partition coefficient (Wildman–Crippen LogP) is 3.63. The van der Waals surface area contributed by atoms with Crippen LogP contribution in [-0.2, 0) is 17.5 Å². The number of fused-ring (bicyclic) bond motifs is 1. The Morgan fingerprint density at radius 3 is 2.52 bits per heavy atom. The number of hydrogen-bond acceptors (Lipinski definition) is 2. The Morgan fingerprint density at radius 1 is 1.00 bits per heavy atom. The second-order valence-electron chi connectivity index (χ2n) is 6.27. The van der Waals surface area contributed by atoms with E-state index < -0.39 is 0 Å². The molecule has 2 nitrogen and oxygen atoms in total. The molecule has 3 heteroatoms. The lowest BCUT2D eigenvalue weighted by Crippen LogP contribution is -2.34. The Hall–Kier alpha value is -0.510. The first-order valence-electron chi connectivity index (χ1n) is 8.44. The maximum atomic E-state index is 3.72. The fourth-order valence-electron chi connectivity index (χ4n) is 2.90. The maximum absolute atomic E-state index is 3.72. The lowest BCUT2D eigenvalue weighted by Gasteiger charge is -2.17. The molecule has 2 rings (SSSR count). The van der Waals surface area contributed by atoms with Gasteiger partial charge in [-0.05, 0) is 52.4 Å². The Bertz CT molecular complexity index is 406. The number of nitrogens with zero attached hydrogens (tertiary/aromatic N) is 1. The van der Waals surface area contributed by atoms with Gasteiger partial charge in [-0.15, -0.1) is 4.72 Å². The van der Waals surface area contributed by atoms with Gasteiger partial charge in [-0.25, -0.2) is 0 Å². The lowest BCUT2D eigenvalue weighted by atomic mass is 10.1. The monoisotopic (exact) mass is 307 g/mol. The number of unbranched alkanes of at least 4 members (excludes halogenated alkanes) is 5. The highest BCUT2D eigenvalue weighted by molar-refractivity contribution is 7.95. The molecule has 0 aliphatic carbocycles. The van der Waals surface area contributed by atoms with Gasteiger partial charge in [-0.3, -0.25) is 0 Å². The first kappa shape index (κ1) is 16.9. The summed E-state index contributed by atoms with van der Waals surface area (Å²) in [5.41, 5.74) is 1.57. The second-order valence-corrected chi connectivity index (χ2v) is 8.19. The van der Waals surface area contributed by atoms with Gasteiger partial charge in [0.2, 0.25) is 0 Å². The van der Waals surface area contributed by atoms with Crippen molar-refractivity contribution in [2.45, 2.75) is 49.8 Å². The Morgan fingerprint density at radius 2 is 1.71 bits per heavy atom. The summed E-state index contributed by atoms with van der Waals surface area (Å²) in [6.07, 6.45) is 9.54. The summed E-state index contributed by atoms with van der Waals surface area (Å²) < 4.78 is 3.72. The molecule has 0 amide bonds. The van der Waals surface area contributed by atoms with E-state index in [4.69, 9.17) is 0 Å². The van der Waals surface area contributed by atoms with Crippen molar-refractivity contribution in [1.29, 1.82) is 0 Å². The molecule has 1 heterocycles. The van der Waals surface area contributed by atoms with Crippen molar-refractivity contribution in [1.82, 2.24) is 9.62 Å². The summed E-state index contributed by atoms with van der Waals surface area (Å²) in [6, 6.07) is 9.00. The van der Waals surface area contributed by atoms with Crippen molar-refractivity contribution in [2.75, 3.05) is 32.9 Å². The molecule has 1 N–H and O–H groups in total. The third-order valence-electron chi connectivity index (χ3n) is 4.11. The quantitative estimate of drug-likeness (QED) is 0.553. The Balaban J connectivity index is 1.58. The molecule has 0 saturated heterocycles. The van der Waals surface area contributed by atoms with Gasteiger partial charge >= 0.3 is 0 Å². The highest BCUT2D eigenvalue weighted by atomic mass is 32.2. The van der Waals surface area contributed by atoms with E-state index in [0.717, 1.165) is 6.54 Å². The van der Waals surface area contributed by atoms with Gasteiger partial charge in [0.15, 0.2) is 4.90 Å². The molecule has 1 aromatic rings. The van der Waals surface area contributed by atoms with E-state index in [1.54, 1.807) is 10.5 Å². The second kappa shape index (κ2) is 9.50. The molecule has 1 aromatic carbocycles. The molecule has 1 atom stereocenters. The lowest BCUT2D eigenvalue weighted by molar-refractivity contribution is 0.389. The van der Waals surface area contributed by atoms with E-state index in [2.05, 4.69) is 48.0 Å². The summed E-state index contributed by atoms with van der Waals surface area (Å²) in [5, 5.41) is 0. The molecule has 0 aromatic heterocycles. The van der Waals surface area contributed by atoms with Gasteiger partial charge in [0.25, 0.3) is 0 Å². The fraction of sp³-hybridized carbons (Fsp3) is 0.667. The molecule has 1 unspecified atom stereocenters. The first-order valence-corrected chi connectivity index (χ1v) is 9.84. The predicted molar refractivity (Wildman–Crippen MR) is 94.9 cm³/mol. The third-order valence-corrected chi connectivity index (χ3v) is 6.29. The average molecular weight is 308 g/mol. The first-order chi connectivity index (χ1) is 10.3. The van der Waals surface area contributed by atoms with Gasteiger partial charge in [0.05, 0.1) is 0 Å².